The Balaban J connectivity index is 2.21. The first-order valence-electron chi connectivity index (χ1n) is 5.87. The summed E-state index contributed by atoms with van der Waals surface area (Å²) in [7, 11) is 0. The molecule has 7 nitrogen and oxygen atoms in total. The summed E-state index contributed by atoms with van der Waals surface area (Å²) in [4.78, 5) is 26.6. The van der Waals surface area contributed by atoms with Crippen molar-refractivity contribution >= 4 is 11.7 Å². The molecule has 1 amide bonds. The molecule has 2 rings (SSSR count). The zero-order valence-corrected chi connectivity index (χ0v) is 10.3. The minimum absolute atomic E-state index is 0.0728. The highest BCUT2D eigenvalue weighted by molar-refractivity contribution is 5.93. The molecule has 0 aliphatic carbocycles. The summed E-state index contributed by atoms with van der Waals surface area (Å²) in [6, 6.07) is 2.92. The fourth-order valence-electron chi connectivity index (χ4n) is 2.29. The van der Waals surface area contributed by atoms with E-state index in [9.17, 15) is 14.9 Å². The molecule has 2 atom stereocenters. The topological polar surface area (TPSA) is 91.3 Å². The minimum Gasteiger partial charge on any atom is -0.358 e. The molecule has 0 radical (unpaired) electrons. The van der Waals surface area contributed by atoms with Crippen molar-refractivity contribution < 1.29 is 9.72 Å². The zero-order chi connectivity index (χ0) is 13.3. The first-order valence-corrected chi connectivity index (χ1v) is 5.87. The van der Waals surface area contributed by atoms with Gasteiger partial charge in [-0.1, -0.05) is 0 Å². The number of H-pyrrole nitrogens is 1. The lowest BCUT2D eigenvalue weighted by atomic mass is 10.1. The van der Waals surface area contributed by atoms with Crippen molar-refractivity contribution in [3.05, 3.63) is 27.9 Å². The van der Waals surface area contributed by atoms with Gasteiger partial charge < -0.3 is 20.3 Å². The average Bonchev–Trinajstić information content (AvgIpc) is 2.77. The Morgan fingerprint density at radius 1 is 1.39 bits per heavy atom. The SMILES string of the molecule is CC1CNCC(C)N1C(=O)c1ccc([N+](=O)[O-])[nH]1. The van der Waals surface area contributed by atoms with E-state index in [2.05, 4.69) is 10.3 Å². The quantitative estimate of drug-likeness (QED) is 0.600. The molecule has 98 valence electrons. The highest BCUT2D eigenvalue weighted by Gasteiger charge is 2.31. The number of carbonyl (C=O) groups is 1. The summed E-state index contributed by atoms with van der Waals surface area (Å²) in [5.41, 5.74) is 0.266. The van der Waals surface area contributed by atoms with Crippen LogP contribution in [0, 0.1) is 10.1 Å². The highest BCUT2D eigenvalue weighted by Crippen LogP contribution is 2.17. The summed E-state index contributed by atoms with van der Waals surface area (Å²) in [6.45, 7) is 5.38. The predicted molar refractivity (Wildman–Crippen MR) is 65.4 cm³/mol. The van der Waals surface area contributed by atoms with Crippen LogP contribution in [0.2, 0.25) is 0 Å². The first kappa shape index (κ1) is 12.6. The number of aromatic amines is 1. The molecule has 1 aromatic rings. The zero-order valence-electron chi connectivity index (χ0n) is 10.3. The van der Waals surface area contributed by atoms with Crippen molar-refractivity contribution in [3.63, 3.8) is 0 Å². The third kappa shape index (κ3) is 2.21. The Morgan fingerprint density at radius 3 is 2.50 bits per heavy atom. The molecule has 2 N–H and O–H groups in total. The number of rotatable bonds is 2. The second-order valence-electron chi connectivity index (χ2n) is 4.58. The molecule has 0 saturated carbocycles. The van der Waals surface area contributed by atoms with E-state index in [1.54, 1.807) is 4.90 Å². The third-order valence-electron chi connectivity index (χ3n) is 3.16. The number of nitrogens with zero attached hydrogens (tertiary/aromatic N) is 2. The lowest BCUT2D eigenvalue weighted by Gasteiger charge is -2.38. The van der Waals surface area contributed by atoms with E-state index in [4.69, 9.17) is 0 Å². The third-order valence-corrected chi connectivity index (χ3v) is 3.16. The van der Waals surface area contributed by atoms with Crippen molar-refractivity contribution in [2.75, 3.05) is 13.1 Å². The molecule has 2 heterocycles. The van der Waals surface area contributed by atoms with Gasteiger partial charge in [0.2, 0.25) is 0 Å². The van der Waals surface area contributed by atoms with E-state index in [-0.39, 0.29) is 29.5 Å². The second-order valence-corrected chi connectivity index (χ2v) is 4.58. The molecule has 18 heavy (non-hydrogen) atoms. The van der Waals surface area contributed by atoms with Crippen molar-refractivity contribution in [3.8, 4) is 0 Å². The van der Waals surface area contributed by atoms with Gasteiger partial charge in [-0.3, -0.25) is 4.79 Å². The van der Waals surface area contributed by atoms with E-state index >= 15 is 0 Å². The molecule has 1 aromatic heterocycles. The maximum absolute atomic E-state index is 12.3. The molecule has 7 heteroatoms. The highest BCUT2D eigenvalue weighted by atomic mass is 16.6. The normalized spacial score (nSPS) is 24.0. The van der Waals surface area contributed by atoms with E-state index in [0.29, 0.717) is 0 Å². The number of nitro groups is 1. The lowest BCUT2D eigenvalue weighted by Crippen LogP contribution is -2.57. The van der Waals surface area contributed by atoms with Crippen molar-refractivity contribution in [2.45, 2.75) is 25.9 Å². The van der Waals surface area contributed by atoms with Gasteiger partial charge in [0.15, 0.2) is 5.69 Å². The maximum Gasteiger partial charge on any atom is 0.321 e. The molecule has 1 saturated heterocycles. The van der Waals surface area contributed by atoms with Gasteiger partial charge in [0.1, 0.15) is 0 Å². The lowest BCUT2D eigenvalue weighted by molar-refractivity contribution is -0.389. The molecular formula is C11H16N4O3. The molecule has 1 aliphatic rings. The van der Waals surface area contributed by atoms with Crippen LogP contribution < -0.4 is 5.32 Å². The van der Waals surface area contributed by atoms with Gasteiger partial charge in [-0.25, -0.2) is 4.98 Å². The van der Waals surface area contributed by atoms with E-state index in [1.807, 2.05) is 13.8 Å². The minimum atomic E-state index is -0.540. The summed E-state index contributed by atoms with van der Waals surface area (Å²) in [6.07, 6.45) is 0. The number of hydrogen-bond donors (Lipinski definition) is 2. The summed E-state index contributed by atoms with van der Waals surface area (Å²) in [5, 5.41) is 13.8. The van der Waals surface area contributed by atoms with Crippen LogP contribution in [0.3, 0.4) is 0 Å². The van der Waals surface area contributed by atoms with Gasteiger partial charge in [0.25, 0.3) is 5.91 Å². The maximum atomic E-state index is 12.3. The molecular weight excluding hydrogens is 236 g/mol. The Hall–Kier alpha value is -1.89. The van der Waals surface area contributed by atoms with Crippen molar-refractivity contribution in [1.82, 2.24) is 15.2 Å². The van der Waals surface area contributed by atoms with Crippen LogP contribution in [0.1, 0.15) is 24.3 Å². The molecule has 2 unspecified atom stereocenters. The monoisotopic (exact) mass is 252 g/mol. The van der Waals surface area contributed by atoms with Crippen LogP contribution in [0.5, 0.6) is 0 Å². The van der Waals surface area contributed by atoms with Crippen LogP contribution in [0.25, 0.3) is 0 Å². The molecule has 0 bridgehead atoms. The molecule has 0 spiro atoms. The Bertz CT molecular complexity index is 461. The predicted octanol–water partition coefficient (Wildman–Crippen LogP) is 0.745. The van der Waals surface area contributed by atoms with Crippen molar-refractivity contribution in [2.24, 2.45) is 0 Å². The summed E-state index contributed by atoms with van der Waals surface area (Å²) >= 11 is 0. The van der Waals surface area contributed by atoms with E-state index in [0.717, 1.165) is 13.1 Å². The number of hydrogen-bond acceptors (Lipinski definition) is 4. The molecule has 1 fully saturated rings. The smallest absolute Gasteiger partial charge is 0.321 e. The Morgan fingerprint density at radius 2 is 2.00 bits per heavy atom. The fraction of sp³-hybridized carbons (Fsp3) is 0.545. The number of carbonyl (C=O) groups excluding carboxylic acids is 1. The number of piperazine rings is 1. The first-order chi connectivity index (χ1) is 8.50. The van der Waals surface area contributed by atoms with E-state index < -0.39 is 4.92 Å². The van der Waals surface area contributed by atoms with Gasteiger partial charge in [0, 0.05) is 31.2 Å². The largest absolute Gasteiger partial charge is 0.358 e. The van der Waals surface area contributed by atoms with E-state index in [1.165, 1.54) is 12.1 Å². The summed E-state index contributed by atoms with van der Waals surface area (Å²) < 4.78 is 0. The summed E-state index contributed by atoms with van der Waals surface area (Å²) in [5.74, 6) is -0.349. The van der Waals surface area contributed by atoms with Gasteiger partial charge in [-0.05, 0) is 24.8 Å². The van der Waals surface area contributed by atoms with Crippen LogP contribution >= 0.6 is 0 Å². The molecule has 0 aromatic carbocycles. The van der Waals surface area contributed by atoms with Gasteiger partial charge >= 0.3 is 5.82 Å². The standard InChI is InChI=1S/C11H16N4O3/c1-7-5-12-6-8(2)14(7)11(16)9-3-4-10(13-9)15(17)18/h3-4,7-8,12-13H,5-6H2,1-2H3. The Kier molecular flexibility index (Phi) is 3.33. The van der Waals surface area contributed by atoms with Crippen LogP contribution in [-0.2, 0) is 0 Å². The van der Waals surface area contributed by atoms with Crippen LogP contribution in [-0.4, -0.2) is 45.9 Å². The number of amides is 1. The second kappa shape index (κ2) is 4.77. The average molecular weight is 252 g/mol. The van der Waals surface area contributed by atoms with Crippen LogP contribution in [0.4, 0.5) is 5.82 Å². The van der Waals surface area contributed by atoms with Gasteiger partial charge in [-0.15, -0.1) is 0 Å². The van der Waals surface area contributed by atoms with Gasteiger partial charge in [0.05, 0.1) is 0 Å². The van der Waals surface area contributed by atoms with Crippen molar-refractivity contribution in [1.29, 1.82) is 0 Å². The van der Waals surface area contributed by atoms with Gasteiger partial charge in [-0.2, -0.15) is 0 Å². The van der Waals surface area contributed by atoms with Crippen LogP contribution in [0.15, 0.2) is 12.1 Å². The fourth-order valence-corrected chi connectivity index (χ4v) is 2.29. The Labute approximate surface area is 104 Å². The number of nitrogens with one attached hydrogen (secondary N) is 2. The molecule has 1 aliphatic heterocycles. The number of aromatic nitrogens is 1.